The summed E-state index contributed by atoms with van der Waals surface area (Å²) in [5.74, 6) is 1.05. The van der Waals surface area contributed by atoms with Gasteiger partial charge in [0, 0.05) is 18.9 Å². The molecule has 0 radical (unpaired) electrons. The average Bonchev–Trinajstić information content (AvgIpc) is 2.38. The van der Waals surface area contributed by atoms with Crippen LogP contribution in [0.2, 0.25) is 0 Å². The van der Waals surface area contributed by atoms with E-state index in [2.05, 4.69) is 23.9 Å². The number of ether oxygens (including phenoxy) is 1. The predicted molar refractivity (Wildman–Crippen MR) is 74.6 cm³/mol. The lowest BCUT2D eigenvalue weighted by Gasteiger charge is -2.28. The molecule has 0 heterocycles. The first-order valence-electron chi connectivity index (χ1n) is 7.37. The largest absolute Gasteiger partial charge is 0.469 e. The van der Waals surface area contributed by atoms with Crippen molar-refractivity contribution < 1.29 is 14.3 Å². The Balaban J connectivity index is 2.19. The third-order valence-corrected chi connectivity index (χ3v) is 3.84. The Morgan fingerprint density at radius 3 is 2.37 bits per heavy atom. The number of nitrogens with one attached hydrogen (secondary N) is 1. The molecule has 1 N–H and O–H groups in total. The van der Waals surface area contributed by atoms with E-state index in [-0.39, 0.29) is 11.9 Å². The molecule has 0 spiro atoms. The fourth-order valence-electron chi connectivity index (χ4n) is 2.55. The molecule has 1 aliphatic rings. The highest BCUT2D eigenvalue weighted by Gasteiger charge is 2.24. The van der Waals surface area contributed by atoms with Crippen molar-refractivity contribution in [3.8, 4) is 0 Å². The Bertz CT molecular complexity index is 294. The Morgan fingerprint density at radius 2 is 1.84 bits per heavy atom. The van der Waals surface area contributed by atoms with Gasteiger partial charge in [0.25, 0.3) is 0 Å². The molecular weight excluding hydrogens is 242 g/mol. The Kier molecular flexibility index (Phi) is 6.89. The van der Waals surface area contributed by atoms with Gasteiger partial charge in [-0.1, -0.05) is 13.8 Å². The van der Waals surface area contributed by atoms with Crippen LogP contribution in [0, 0.1) is 11.8 Å². The third kappa shape index (κ3) is 6.60. The lowest BCUT2D eigenvalue weighted by Crippen LogP contribution is -2.37. The van der Waals surface area contributed by atoms with E-state index in [0.717, 1.165) is 32.1 Å². The van der Waals surface area contributed by atoms with Gasteiger partial charge in [-0.2, -0.15) is 0 Å². The number of rotatable bonds is 6. The van der Waals surface area contributed by atoms with Crippen molar-refractivity contribution in [2.75, 3.05) is 7.11 Å². The Labute approximate surface area is 116 Å². The van der Waals surface area contributed by atoms with E-state index in [1.165, 1.54) is 7.11 Å². The molecule has 0 aliphatic heterocycles. The van der Waals surface area contributed by atoms with Crippen LogP contribution in [-0.2, 0) is 14.3 Å². The van der Waals surface area contributed by atoms with Crippen molar-refractivity contribution in [1.82, 2.24) is 5.32 Å². The highest BCUT2D eigenvalue weighted by Crippen LogP contribution is 2.27. The summed E-state index contributed by atoms with van der Waals surface area (Å²) >= 11 is 0. The number of carbonyl (C=O) groups is 2. The molecule has 1 rings (SSSR count). The van der Waals surface area contributed by atoms with E-state index >= 15 is 0 Å². The normalized spacial score (nSPS) is 23.2. The van der Waals surface area contributed by atoms with Gasteiger partial charge in [0.15, 0.2) is 0 Å². The maximum Gasteiger partial charge on any atom is 0.305 e. The highest BCUT2D eigenvalue weighted by atomic mass is 16.5. The van der Waals surface area contributed by atoms with Gasteiger partial charge in [0.2, 0.25) is 5.91 Å². The topological polar surface area (TPSA) is 55.4 Å². The van der Waals surface area contributed by atoms with Crippen molar-refractivity contribution in [3.63, 3.8) is 0 Å². The first kappa shape index (κ1) is 16.0. The van der Waals surface area contributed by atoms with Gasteiger partial charge in [-0.15, -0.1) is 0 Å². The Hall–Kier alpha value is -1.06. The van der Waals surface area contributed by atoms with Gasteiger partial charge in [0.1, 0.15) is 0 Å². The van der Waals surface area contributed by atoms with Crippen LogP contribution in [-0.4, -0.2) is 25.0 Å². The van der Waals surface area contributed by atoms with Crippen LogP contribution in [0.3, 0.4) is 0 Å². The SMILES string of the molecule is COC(=O)CC1CCC(NC(=O)CCC(C)C)CC1. The molecule has 1 fully saturated rings. The number of carbonyl (C=O) groups excluding carboxylic acids is 2. The summed E-state index contributed by atoms with van der Waals surface area (Å²) in [6.45, 7) is 4.26. The number of esters is 1. The molecule has 0 atom stereocenters. The molecular formula is C15H27NO3. The molecule has 110 valence electrons. The summed E-state index contributed by atoms with van der Waals surface area (Å²) in [6.07, 6.45) is 6.06. The maximum absolute atomic E-state index is 11.7. The quantitative estimate of drug-likeness (QED) is 0.754. The van der Waals surface area contributed by atoms with Crippen molar-refractivity contribution in [2.24, 2.45) is 11.8 Å². The summed E-state index contributed by atoms with van der Waals surface area (Å²) in [4.78, 5) is 22.9. The minimum absolute atomic E-state index is 0.121. The summed E-state index contributed by atoms with van der Waals surface area (Å²) < 4.78 is 4.69. The van der Waals surface area contributed by atoms with Gasteiger partial charge in [-0.25, -0.2) is 0 Å². The smallest absolute Gasteiger partial charge is 0.305 e. The molecule has 0 aromatic carbocycles. The monoisotopic (exact) mass is 269 g/mol. The van der Waals surface area contributed by atoms with Gasteiger partial charge in [-0.05, 0) is 43.9 Å². The highest BCUT2D eigenvalue weighted by molar-refractivity contribution is 5.76. The van der Waals surface area contributed by atoms with Gasteiger partial charge >= 0.3 is 5.97 Å². The molecule has 0 bridgehead atoms. The number of hydrogen-bond acceptors (Lipinski definition) is 3. The molecule has 1 amide bonds. The Morgan fingerprint density at radius 1 is 1.21 bits per heavy atom. The van der Waals surface area contributed by atoms with E-state index in [9.17, 15) is 9.59 Å². The molecule has 19 heavy (non-hydrogen) atoms. The van der Waals surface area contributed by atoms with Crippen molar-refractivity contribution in [1.29, 1.82) is 0 Å². The van der Waals surface area contributed by atoms with Gasteiger partial charge < -0.3 is 10.1 Å². The van der Waals surface area contributed by atoms with Crippen LogP contribution >= 0.6 is 0 Å². The summed E-state index contributed by atoms with van der Waals surface area (Å²) in [7, 11) is 1.43. The van der Waals surface area contributed by atoms with Crippen molar-refractivity contribution in [2.45, 2.75) is 64.8 Å². The van der Waals surface area contributed by atoms with E-state index in [0.29, 0.717) is 30.7 Å². The van der Waals surface area contributed by atoms with E-state index in [4.69, 9.17) is 0 Å². The van der Waals surface area contributed by atoms with Crippen LogP contribution < -0.4 is 5.32 Å². The van der Waals surface area contributed by atoms with Crippen LogP contribution in [0.1, 0.15) is 58.8 Å². The fourth-order valence-corrected chi connectivity index (χ4v) is 2.55. The van der Waals surface area contributed by atoms with Crippen molar-refractivity contribution >= 4 is 11.9 Å². The molecule has 0 saturated heterocycles. The summed E-state index contributed by atoms with van der Waals surface area (Å²) in [5.41, 5.74) is 0. The molecule has 1 saturated carbocycles. The average molecular weight is 269 g/mol. The van der Waals surface area contributed by atoms with Gasteiger partial charge in [0.05, 0.1) is 7.11 Å². The first-order chi connectivity index (χ1) is 9.01. The maximum atomic E-state index is 11.7. The molecule has 4 nitrogen and oxygen atoms in total. The van der Waals surface area contributed by atoms with Crippen LogP contribution in [0.5, 0.6) is 0 Å². The third-order valence-electron chi connectivity index (χ3n) is 3.84. The zero-order valence-corrected chi connectivity index (χ0v) is 12.4. The summed E-state index contributed by atoms with van der Waals surface area (Å²) in [6, 6.07) is 0.300. The molecule has 1 aliphatic carbocycles. The zero-order chi connectivity index (χ0) is 14.3. The second-order valence-corrected chi connectivity index (χ2v) is 6.00. The minimum Gasteiger partial charge on any atom is -0.469 e. The fraction of sp³-hybridized carbons (Fsp3) is 0.867. The second kappa shape index (κ2) is 8.18. The standard InChI is InChI=1S/C15H27NO3/c1-11(2)4-9-14(17)16-13-7-5-12(6-8-13)10-15(18)19-3/h11-13H,4-10H2,1-3H3,(H,16,17). The number of amides is 1. The summed E-state index contributed by atoms with van der Waals surface area (Å²) in [5, 5.41) is 3.11. The lowest BCUT2D eigenvalue weighted by atomic mass is 9.84. The number of methoxy groups -OCH3 is 1. The van der Waals surface area contributed by atoms with E-state index in [1.807, 2.05) is 0 Å². The van der Waals surface area contributed by atoms with Crippen LogP contribution in [0.25, 0.3) is 0 Å². The van der Waals surface area contributed by atoms with Gasteiger partial charge in [-0.3, -0.25) is 9.59 Å². The van der Waals surface area contributed by atoms with E-state index in [1.54, 1.807) is 0 Å². The molecule has 4 heteroatoms. The lowest BCUT2D eigenvalue weighted by molar-refractivity contribution is -0.142. The minimum atomic E-state index is -0.121. The predicted octanol–water partition coefficient (Wildman–Crippen LogP) is 2.66. The van der Waals surface area contributed by atoms with Crippen molar-refractivity contribution in [3.05, 3.63) is 0 Å². The second-order valence-electron chi connectivity index (χ2n) is 6.00. The van der Waals surface area contributed by atoms with E-state index < -0.39 is 0 Å². The molecule has 0 unspecified atom stereocenters. The number of hydrogen-bond donors (Lipinski definition) is 1. The van der Waals surface area contributed by atoms with Crippen LogP contribution in [0.15, 0.2) is 0 Å². The molecule has 0 aromatic rings. The zero-order valence-electron chi connectivity index (χ0n) is 12.4. The first-order valence-corrected chi connectivity index (χ1v) is 7.37. The molecule has 0 aromatic heterocycles. The van der Waals surface area contributed by atoms with Crippen LogP contribution in [0.4, 0.5) is 0 Å².